The molecule has 6 heteroatoms. The lowest BCUT2D eigenvalue weighted by molar-refractivity contribution is -0.138. The Hall–Kier alpha value is -1.52. The molecule has 0 bridgehead atoms. The first-order valence-corrected chi connectivity index (χ1v) is 7.35. The quantitative estimate of drug-likeness (QED) is 0.863. The van der Waals surface area contributed by atoms with Crippen molar-refractivity contribution in [2.75, 3.05) is 13.1 Å². The lowest BCUT2D eigenvalue weighted by atomic mass is 10.1. The van der Waals surface area contributed by atoms with Crippen molar-refractivity contribution in [3.05, 3.63) is 39.9 Å². The van der Waals surface area contributed by atoms with E-state index in [1.807, 2.05) is 0 Å². The zero-order valence-electron chi connectivity index (χ0n) is 11.3. The van der Waals surface area contributed by atoms with Gasteiger partial charge in [0, 0.05) is 41.2 Å². The second kappa shape index (κ2) is 6.96. The molecule has 1 N–H and O–H groups in total. The topological polar surface area (TPSA) is 57.6 Å². The second-order valence-corrected chi connectivity index (χ2v) is 5.82. The first-order chi connectivity index (χ1) is 9.97. The summed E-state index contributed by atoms with van der Waals surface area (Å²) in [6.45, 7) is 1.06. The number of benzene rings is 1. The molecule has 4 nitrogen and oxygen atoms in total. The van der Waals surface area contributed by atoms with E-state index < -0.39 is 5.97 Å². The van der Waals surface area contributed by atoms with Crippen LogP contribution in [0.1, 0.15) is 18.4 Å². The van der Waals surface area contributed by atoms with Crippen LogP contribution in [0.3, 0.4) is 0 Å². The normalized spacial score (nSPS) is 18.4. The van der Waals surface area contributed by atoms with Crippen molar-refractivity contribution >= 4 is 41.2 Å². The number of hydrogen-bond acceptors (Lipinski definition) is 2. The number of carboxylic acids is 1. The molecule has 1 unspecified atom stereocenters. The first-order valence-electron chi connectivity index (χ1n) is 6.60. The molecular weight excluding hydrogens is 313 g/mol. The molecule has 1 atom stereocenters. The number of rotatable bonds is 4. The lowest BCUT2D eigenvalue weighted by Crippen LogP contribution is -2.27. The van der Waals surface area contributed by atoms with E-state index in [1.165, 1.54) is 6.08 Å². The Morgan fingerprint density at radius 3 is 2.62 bits per heavy atom. The number of likely N-dealkylation sites (tertiary alicyclic amines) is 1. The van der Waals surface area contributed by atoms with Crippen molar-refractivity contribution < 1.29 is 14.7 Å². The highest BCUT2D eigenvalue weighted by molar-refractivity contribution is 6.37. The van der Waals surface area contributed by atoms with Crippen LogP contribution in [0, 0.1) is 5.92 Å². The molecule has 0 aliphatic carbocycles. The summed E-state index contributed by atoms with van der Waals surface area (Å²) in [7, 11) is 0. The van der Waals surface area contributed by atoms with Gasteiger partial charge in [-0.25, -0.2) is 0 Å². The van der Waals surface area contributed by atoms with Gasteiger partial charge in [-0.15, -0.1) is 0 Å². The minimum Gasteiger partial charge on any atom is -0.481 e. The van der Waals surface area contributed by atoms with Gasteiger partial charge < -0.3 is 10.0 Å². The summed E-state index contributed by atoms with van der Waals surface area (Å²) >= 11 is 12.1. The molecular formula is C15H15Cl2NO3. The smallest absolute Gasteiger partial charge is 0.303 e. The Kier molecular flexibility index (Phi) is 5.26. The van der Waals surface area contributed by atoms with E-state index >= 15 is 0 Å². The molecule has 0 spiro atoms. The first kappa shape index (κ1) is 15.9. The summed E-state index contributed by atoms with van der Waals surface area (Å²) in [4.78, 5) is 24.4. The maximum atomic E-state index is 12.1. The lowest BCUT2D eigenvalue weighted by Gasteiger charge is -2.13. The number of amides is 1. The van der Waals surface area contributed by atoms with Crippen LogP contribution in [-0.4, -0.2) is 35.0 Å². The minimum atomic E-state index is -0.826. The monoisotopic (exact) mass is 327 g/mol. The zero-order chi connectivity index (χ0) is 15.4. The van der Waals surface area contributed by atoms with Gasteiger partial charge in [0.25, 0.3) is 0 Å². The van der Waals surface area contributed by atoms with Gasteiger partial charge in [-0.05, 0) is 30.5 Å². The average Bonchev–Trinajstić information content (AvgIpc) is 2.85. The maximum Gasteiger partial charge on any atom is 0.303 e. The number of carbonyl (C=O) groups is 2. The van der Waals surface area contributed by atoms with Crippen molar-refractivity contribution in [1.82, 2.24) is 4.90 Å². The van der Waals surface area contributed by atoms with E-state index in [0.717, 1.165) is 6.42 Å². The fourth-order valence-corrected chi connectivity index (χ4v) is 2.90. The Labute approximate surface area is 133 Å². The number of halogens is 2. The van der Waals surface area contributed by atoms with Crippen LogP contribution < -0.4 is 0 Å². The molecule has 1 aliphatic rings. The summed E-state index contributed by atoms with van der Waals surface area (Å²) in [5, 5.41) is 9.73. The van der Waals surface area contributed by atoms with Crippen molar-refractivity contribution in [1.29, 1.82) is 0 Å². The van der Waals surface area contributed by atoms with Crippen LogP contribution in [0.5, 0.6) is 0 Å². The summed E-state index contributed by atoms with van der Waals surface area (Å²) in [5.41, 5.74) is 0.607. The third kappa shape index (κ3) is 4.22. The number of carbonyl (C=O) groups excluding carboxylic acids is 1. The molecule has 1 aromatic rings. The highest BCUT2D eigenvalue weighted by atomic mass is 35.5. The molecule has 1 amide bonds. The molecule has 0 aromatic heterocycles. The number of aliphatic carboxylic acids is 1. The van der Waals surface area contributed by atoms with Crippen molar-refractivity contribution in [3.8, 4) is 0 Å². The SMILES string of the molecule is O=C(O)CC1CCN(C(=O)C=Cc2c(Cl)cccc2Cl)C1. The third-order valence-electron chi connectivity index (χ3n) is 3.45. The average molecular weight is 328 g/mol. The third-order valence-corrected chi connectivity index (χ3v) is 4.11. The predicted molar refractivity (Wildman–Crippen MR) is 82.4 cm³/mol. The van der Waals surface area contributed by atoms with Crippen molar-refractivity contribution in [3.63, 3.8) is 0 Å². The van der Waals surface area contributed by atoms with Gasteiger partial charge >= 0.3 is 5.97 Å². The predicted octanol–water partition coefficient (Wildman–Crippen LogP) is 3.33. The Morgan fingerprint density at radius 1 is 1.33 bits per heavy atom. The van der Waals surface area contributed by atoms with Gasteiger partial charge in [0.05, 0.1) is 0 Å². The van der Waals surface area contributed by atoms with Crippen LogP contribution in [0.15, 0.2) is 24.3 Å². The van der Waals surface area contributed by atoms with Gasteiger partial charge in [0.1, 0.15) is 0 Å². The van der Waals surface area contributed by atoms with E-state index in [-0.39, 0.29) is 18.2 Å². The van der Waals surface area contributed by atoms with Gasteiger partial charge in [-0.1, -0.05) is 29.3 Å². The standard InChI is InChI=1S/C15H15Cl2NO3/c16-12-2-1-3-13(17)11(12)4-5-14(19)18-7-6-10(9-18)8-15(20)21/h1-5,10H,6-9H2,(H,20,21). The van der Waals surface area contributed by atoms with Crippen LogP contribution in [0.2, 0.25) is 10.0 Å². The number of carboxylic acid groups (broad SMARTS) is 1. The largest absolute Gasteiger partial charge is 0.481 e. The Morgan fingerprint density at radius 2 is 2.00 bits per heavy atom. The molecule has 1 saturated heterocycles. The highest BCUT2D eigenvalue weighted by Gasteiger charge is 2.26. The fourth-order valence-electron chi connectivity index (χ4n) is 2.38. The van der Waals surface area contributed by atoms with E-state index in [1.54, 1.807) is 29.2 Å². The van der Waals surface area contributed by atoms with Crippen LogP contribution in [0.25, 0.3) is 6.08 Å². The van der Waals surface area contributed by atoms with E-state index in [4.69, 9.17) is 28.3 Å². The molecule has 1 fully saturated rings. The number of nitrogens with zero attached hydrogens (tertiary/aromatic N) is 1. The van der Waals surface area contributed by atoms with E-state index in [0.29, 0.717) is 28.7 Å². The Bertz CT molecular complexity index is 566. The van der Waals surface area contributed by atoms with Crippen molar-refractivity contribution in [2.24, 2.45) is 5.92 Å². The number of hydrogen-bond donors (Lipinski definition) is 1. The molecule has 21 heavy (non-hydrogen) atoms. The summed E-state index contributed by atoms with van der Waals surface area (Å²) in [6.07, 6.45) is 3.84. The molecule has 2 rings (SSSR count). The minimum absolute atomic E-state index is 0.0313. The summed E-state index contributed by atoms with van der Waals surface area (Å²) in [5.74, 6) is -0.949. The van der Waals surface area contributed by atoms with Gasteiger partial charge in [-0.2, -0.15) is 0 Å². The molecule has 112 valence electrons. The summed E-state index contributed by atoms with van der Waals surface area (Å²) < 4.78 is 0. The van der Waals surface area contributed by atoms with Gasteiger partial charge in [0.2, 0.25) is 5.91 Å². The highest BCUT2D eigenvalue weighted by Crippen LogP contribution is 2.26. The molecule has 1 aliphatic heterocycles. The van der Waals surface area contributed by atoms with Crippen LogP contribution >= 0.6 is 23.2 Å². The molecule has 1 heterocycles. The zero-order valence-corrected chi connectivity index (χ0v) is 12.8. The molecule has 0 radical (unpaired) electrons. The molecule has 0 saturated carbocycles. The second-order valence-electron chi connectivity index (χ2n) is 5.01. The fraction of sp³-hybridized carbons (Fsp3) is 0.333. The van der Waals surface area contributed by atoms with Gasteiger partial charge in [-0.3, -0.25) is 9.59 Å². The van der Waals surface area contributed by atoms with Crippen molar-refractivity contribution in [2.45, 2.75) is 12.8 Å². The van der Waals surface area contributed by atoms with Gasteiger partial charge in [0.15, 0.2) is 0 Å². The molecule has 1 aromatic carbocycles. The Balaban J connectivity index is 1.99. The van der Waals surface area contributed by atoms with E-state index in [2.05, 4.69) is 0 Å². The summed E-state index contributed by atoms with van der Waals surface area (Å²) in [6, 6.07) is 5.15. The van der Waals surface area contributed by atoms with E-state index in [9.17, 15) is 9.59 Å². The van der Waals surface area contributed by atoms with Crippen LogP contribution in [-0.2, 0) is 9.59 Å². The maximum absolute atomic E-state index is 12.1. The van der Waals surface area contributed by atoms with Crippen LogP contribution in [0.4, 0.5) is 0 Å².